The first-order valence-corrected chi connectivity index (χ1v) is 6.28. The van der Waals surface area contributed by atoms with Gasteiger partial charge in [0.25, 0.3) is 0 Å². The molecule has 0 aromatic heterocycles. The van der Waals surface area contributed by atoms with Crippen LogP contribution in [-0.2, 0) is 11.2 Å². The van der Waals surface area contributed by atoms with Crippen molar-refractivity contribution in [2.24, 2.45) is 0 Å². The number of hydrogen-bond acceptors (Lipinski definition) is 2. The molecule has 0 atom stereocenters. The summed E-state index contributed by atoms with van der Waals surface area (Å²) < 4.78 is 0. The average molecular weight is 260 g/mol. The summed E-state index contributed by atoms with van der Waals surface area (Å²) in [7, 11) is 0. The zero-order valence-corrected chi connectivity index (χ0v) is 10.5. The van der Waals surface area contributed by atoms with Gasteiger partial charge in [0, 0.05) is 37.0 Å². The summed E-state index contributed by atoms with van der Waals surface area (Å²) in [6.45, 7) is 1.56. The highest BCUT2D eigenvalue weighted by molar-refractivity contribution is 6.18. The molecule has 0 unspecified atom stereocenters. The first kappa shape index (κ1) is 13.3. The van der Waals surface area contributed by atoms with Crippen molar-refractivity contribution in [3.63, 3.8) is 0 Å². The van der Waals surface area contributed by atoms with E-state index in [9.17, 15) is 4.79 Å². The molecule has 88 valence electrons. The molecule has 4 heteroatoms. The van der Waals surface area contributed by atoms with E-state index in [0.29, 0.717) is 18.2 Å². The van der Waals surface area contributed by atoms with Gasteiger partial charge >= 0.3 is 0 Å². The third-order valence-corrected chi connectivity index (χ3v) is 2.67. The normalized spacial score (nSPS) is 10.1. The summed E-state index contributed by atoms with van der Waals surface area (Å²) in [5, 5.41) is 0. The molecule has 16 heavy (non-hydrogen) atoms. The maximum absolute atomic E-state index is 10.4. The van der Waals surface area contributed by atoms with Crippen LogP contribution in [0.1, 0.15) is 5.56 Å². The lowest BCUT2D eigenvalue weighted by atomic mass is 10.1. The van der Waals surface area contributed by atoms with E-state index in [2.05, 4.69) is 4.90 Å². The lowest BCUT2D eigenvalue weighted by Crippen LogP contribution is -2.27. The van der Waals surface area contributed by atoms with Crippen molar-refractivity contribution < 1.29 is 4.79 Å². The van der Waals surface area contributed by atoms with Gasteiger partial charge in [0.15, 0.2) is 0 Å². The molecule has 0 radical (unpaired) electrons. The topological polar surface area (TPSA) is 20.3 Å². The molecule has 0 bridgehead atoms. The molecule has 1 aromatic carbocycles. The molecule has 1 rings (SSSR count). The number of alkyl halides is 2. The van der Waals surface area contributed by atoms with Gasteiger partial charge in [-0.3, -0.25) is 0 Å². The molecule has 0 amide bonds. The molecule has 1 aromatic rings. The molecule has 0 N–H and O–H groups in total. The molecule has 0 saturated carbocycles. The Bertz CT molecular complexity index is 307. The second-order valence-electron chi connectivity index (χ2n) is 3.40. The van der Waals surface area contributed by atoms with Crippen LogP contribution in [0, 0.1) is 0 Å². The Hall–Kier alpha value is -0.730. The fourth-order valence-corrected chi connectivity index (χ4v) is 1.92. The van der Waals surface area contributed by atoms with Crippen molar-refractivity contribution in [2.75, 3.05) is 29.7 Å². The average Bonchev–Trinajstić information content (AvgIpc) is 2.30. The monoisotopic (exact) mass is 259 g/mol. The van der Waals surface area contributed by atoms with Crippen molar-refractivity contribution in [3.05, 3.63) is 29.8 Å². The lowest BCUT2D eigenvalue weighted by molar-refractivity contribution is -0.107. The summed E-state index contributed by atoms with van der Waals surface area (Å²) in [6, 6.07) is 7.91. The van der Waals surface area contributed by atoms with E-state index in [1.54, 1.807) is 0 Å². The van der Waals surface area contributed by atoms with Crippen LogP contribution in [0.4, 0.5) is 5.69 Å². The molecule has 0 saturated heterocycles. The Morgan fingerprint density at radius 3 is 2.06 bits per heavy atom. The fraction of sp³-hybridized carbons (Fsp3) is 0.417. The van der Waals surface area contributed by atoms with Gasteiger partial charge in [-0.25, -0.2) is 0 Å². The Balaban J connectivity index is 2.72. The van der Waals surface area contributed by atoms with Crippen LogP contribution in [0.3, 0.4) is 0 Å². The molecule has 0 aliphatic heterocycles. The van der Waals surface area contributed by atoms with Gasteiger partial charge < -0.3 is 9.69 Å². The molecular formula is C12H15Cl2NO. The van der Waals surface area contributed by atoms with Crippen molar-refractivity contribution in [1.29, 1.82) is 0 Å². The quantitative estimate of drug-likeness (QED) is 0.555. The number of nitrogens with zero attached hydrogens (tertiary/aromatic N) is 1. The Kier molecular flexibility index (Phi) is 6.27. The predicted octanol–water partition coefficient (Wildman–Crippen LogP) is 2.71. The number of benzene rings is 1. The third-order valence-electron chi connectivity index (χ3n) is 2.33. The van der Waals surface area contributed by atoms with Gasteiger partial charge in [-0.2, -0.15) is 0 Å². The summed E-state index contributed by atoms with van der Waals surface area (Å²) in [4.78, 5) is 12.5. The van der Waals surface area contributed by atoms with Crippen molar-refractivity contribution >= 4 is 35.2 Å². The van der Waals surface area contributed by atoms with Crippen LogP contribution in [0.15, 0.2) is 24.3 Å². The van der Waals surface area contributed by atoms with Gasteiger partial charge in [-0.1, -0.05) is 12.1 Å². The van der Waals surface area contributed by atoms with Crippen molar-refractivity contribution in [1.82, 2.24) is 0 Å². The Morgan fingerprint density at radius 2 is 1.62 bits per heavy atom. The van der Waals surface area contributed by atoms with Gasteiger partial charge in [0.05, 0.1) is 0 Å². The number of aldehydes is 1. The largest absolute Gasteiger partial charge is 0.369 e. The van der Waals surface area contributed by atoms with Crippen LogP contribution >= 0.6 is 23.2 Å². The van der Waals surface area contributed by atoms with E-state index in [1.165, 1.54) is 0 Å². The summed E-state index contributed by atoms with van der Waals surface area (Å²) in [6.07, 6.45) is 1.37. The van der Waals surface area contributed by atoms with Gasteiger partial charge in [0.2, 0.25) is 0 Å². The molecule has 0 fully saturated rings. The first-order valence-electron chi connectivity index (χ1n) is 5.21. The summed E-state index contributed by atoms with van der Waals surface area (Å²) >= 11 is 11.5. The second kappa shape index (κ2) is 7.53. The van der Waals surface area contributed by atoms with Crippen LogP contribution in [-0.4, -0.2) is 31.1 Å². The molecule has 0 heterocycles. The van der Waals surface area contributed by atoms with Crippen LogP contribution in [0.2, 0.25) is 0 Å². The summed E-state index contributed by atoms with van der Waals surface area (Å²) in [5.41, 5.74) is 2.12. The fourth-order valence-electron chi connectivity index (χ4n) is 1.51. The van der Waals surface area contributed by atoms with E-state index in [1.807, 2.05) is 24.3 Å². The van der Waals surface area contributed by atoms with Crippen LogP contribution in [0.25, 0.3) is 0 Å². The van der Waals surface area contributed by atoms with E-state index in [-0.39, 0.29) is 0 Å². The van der Waals surface area contributed by atoms with E-state index >= 15 is 0 Å². The molecule has 0 spiro atoms. The van der Waals surface area contributed by atoms with E-state index in [4.69, 9.17) is 23.2 Å². The second-order valence-corrected chi connectivity index (χ2v) is 4.16. The van der Waals surface area contributed by atoms with Crippen LogP contribution < -0.4 is 4.90 Å². The Labute approximate surface area is 106 Å². The highest BCUT2D eigenvalue weighted by atomic mass is 35.5. The number of carbonyl (C=O) groups is 1. The van der Waals surface area contributed by atoms with Crippen LogP contribution in [0.5, 0.6) is 0 Å². The smallest absolute Gasteiger partial charge is 0.124 e. The third kappa shape index (κ3) is 4.03. The molecule has 2 nitrogen and oxygen atoms in total. The Morgan fingerprint density at radius 1 is 1.06 bits per heavy atom. The minimum Gasteiger partial charge on any atom is -0.369 e. The first-order chi connectivity index (χ1) is 7.81. The number of rotatable bonds is 7. The minimum absolute atomic E-state index is 0.464. The number of hydrogen-bond donors (Lipinski definition) is 0. The van der Waals surface area contributed by atoms with E-state index in [0.717, 1.165) is 30.6 Å². The van der Waals surface area contributed by atoms with Gasteiger partial charge in [0.1, 0.15) is 6.29 Å². The zero-order chi connectivity index (χ0) is 11.8. The van der Waals surface area contributed by atoms with Crippen molar-refractivity contribution in [2.45, 2.75) is 6.42 Å². The molecule has 0 aliphatic carbocycles. The van der Waals surface area contributed by atoms with Gasteiger partial charge in [-0.15, -0.1) is 23.2 Å². The SMILES string of the molecule is O=CCc1ccc(N(CCCl)CCCl)cc1. The highest BCUT2D eigenvalue weighted by Gasteiger charge is 2.04. The standard InChI is InChI=1S/C12H15Cl2NO/c13-6-8-15(9-7-14)12-3-1-11(2-4-12)5-10-16/h1-4,10H,5-9H2. The summed E-state index contributed by atoms with van der Waals surface area (Å²) in [5.74, 6) is 1.15. The predicted molar refractivity (Wildman–Crippen MR) is 69.9 cm³/mol. The maximum atomic E-state index is 10.4. The molecular weight excluding hydrogens is 245 g/mol. The minimum atomic E-state index is 0.464. The lowest BCUT2D eigenvalue weighted by Gasteiger charge is -2.22. The van der Waals surface area contributed by atoms with Crippen molar-refractivity contribution in [3.8, 4) is 0 Å². The van der Waals surface area contributed by atoms with E-state index < -0.39 is 0 Å². The zero-order valence-electron chi connectivity index (χ0n) is 9.03. The maximum Gasteiger partial charge on any atom is 0.124 e. The number of halogens is 2. The van der Waals surface area contributed by atoms with Gasteiger partial charge in [-0.05, 0) is 17.7 Å². The highest BCUT2D eigenvalue weighted by Crippen LogP contribution is 2.15. The number of carbonyl (C=O) groups excluding carboxylic acids is 1. The number of anilines is 1. The molecule has 0 aliphatic rings.